The molecule has 5 aliphatic rings. The number of rotatable bonds is 9. The molecule has 3 atom stereocenters. The number of fused-ring (bicyclic) bond motifs is 3. The number of amides is 5. The number of hydrogen-bond acceptors (Lipinski definition) is 11. The molecule has 292 valence electrons. The van der Waals surface area contributed by atoms with Gasteiger partial charge in [-0.3, -0.25) is 19.7 Å². The monoisotopic (exact) mass is 760 g/mol. The number of aromatic nitrogens is 3. The van der Waals surface area contributed by atoms with E-state index in [9.17, 15) is 19.2 Å². The molecule has 15 heteroatoms. The van der Waals surface area contributed by atoms with Crippen LogP contribution in [0.25, 0.3) is 11.0 Å². The van der Waals surface area contributed by atoms with Crippen LogP contribution in [0, 0.1) is 5.92 Å². The molecule has 5 amide bonds. The molecule has 4 aromatic rings. The Morgan fingerprint density at radius 1 is 0.982 bits per heavy atom. The molecule has 56 heavy (non-hydrogen) atoms. The van der Waals surface area contributed by atoms with E-state index in [0.29, 0.717) is 48.6 Å². The van der Waals surface area contributed by atoms with Gasteiger partial charge in [-0.25, -0.2) is 14.8 Å². The Kier molecular flexibility index (Phi) is 9.55. The lowest BCUT2D eigenvalue weighted by Gasteiger charge is -2.37. The van der Waals surface area contributed by atoms with Gasteiger partial charge in [0.15, 0.2) is 17.1 Å². The number of carbonyl (C=O) groups is 4. The molecule has 2 unspecified atom stereocenters. The molecule has 0 radical (unpaired) electrons. The van der Waals surface area contributed by atoms with E-state index in [-0.39, 0.29) is 29.6 Å². The van der Waals surface area contributed by atoms with Crippen LogP contribution < -0.4 is 21.3 Å². The van der Waals surface area contributed by atoms with Gasteiger partial charge in [0, 0.05) is 62.8 Å². The van der Waals surface area contributed by atoms with E-state index in [1.165, 1.54) is 16.7 Å². The Bertz CT molecular complexity index is 2180. The van der Waals surface area contributed by atoms with Crippen LogP contribution >= 0.6 is 0 Å². The van der Waals surface area contributed by atoms with Gasteiger partial charge in [-0.1, -0.05) is 23.4 Å². The first kappa shape index (κ1) is 36.1. The number of piperidine rings is 3. The first-order valence-electron chi connectivity index (χ1n) is 19.9. The zero-order chi connectivity index (χ0) is 38.5. The van der Waals surface area contributed by atoms with Crippen molar-refractivity contribution < 1.29 is 23.7 Å². The van der Waals surface area contributed by atoms with E-state index in [2.05, 4.69) is 48.8 Å². The van der Waals surface area contributed by atoms with E-state index < -0.39 is 11.8 Å². The third-order valence-electron chi connectivity index (χ3n) is 12.6. The molecule has 0 spiro atoms. The first-order chi connectivity index (χ1) is 27.2. The van der Waals surface area contributed by atoms with Crippen molar-refractivity contribution in [1.29, 1.82) is 0 Å². The quantitative estimate of drug-likeness (QED) is 0.210. The van der Waals surface area contributed by atoms with Crippen molar-refractivity contribution in [3.8, 4) is 0 Å². The molecule has 1 aliphatic carbocycles. The van der Waals surface area contributed by atoms with Gasteiger partial charge in [-0.2, -0.15) is 0 Å². The zero-order valence-corrected chi connectivity index (χ0v) is 31.7. The minimum atomic E-state index is -0.649. The van der Waals surface area contributed by atoms with Crippen molar-refractivity contribution in [2.45, 2.75) is 69.2 Å². The van der Waals surface area contributed by atoms with Gasteiger partial charge in [0.2, 0.25) is 11.8 Å². The average molecular weight is 761 g/mol. The summed E-state index contributed by atoms with van der Waals surface area (Å²) in [5.41, 5.74) is 11.8. The standard InChI is InChI=1S/C41H48N10O5/c1-48-17-18-51(41(48)55)29-3-2-14-50(23-29)33-21-43-36(38(42)53)39(45-33)44-28-7-4-25(5-8-28)26-12-15-49(16-13-26)22-24-19-27-6-9-30-35(47-56-37(30)32(27)20-24)31-10-11-34(52)46-40(31)54/h4-9,21,24,26,29,31H,2-3,10-20,22-23H2,1H3,(H2,42,53)(H,44,45)(H,46,52,54)/t24?,29-,31?/m1/s1. The van der Waals surface area contributed by atoms with Gasteiger partial charge >= 0.3 is 6.03 Å². The molecule has 4 aliphatic heterocycles. The van der Waals surface area contributed by atoms with Gasteiger partial charge in [-0.15, -0.1) is 0 Å². The minimum Gasteiger partial charge on any atom is -0.364 e. The summed E-state index contributed by atoms with van der Waals surface area (Å²) in [5, 5.41) is 11.0. The number of urea groups is 1. The highest BCUT2D eigenvalue weighted by molar-refractivity contribution is 6.02. The van der Waals surface area contributed by atoms with Crippen LogP contribution in [0.1, 0.15) is 83.2 Å². The maximum atomic E-state index is 12.7. The van der Waals surface area contributed by atoms with Gasteiger partial charge in [0.05, 0.1) is 18.2 Å². The van der Waals surface area contributed by atoms with Gasteiger partial charge in [-0.05, 0) is 99.2 Å². The van der Waals surface area contributed by atoms with Crippen LogP contribution in [0.3, 0.4) is 0 Å². The second-order valence-electron chi connectivity index (χ2n) is 16.2. The highest BCUT2D eigenvalue weighted by Gasteiger charge is 2.36. The average Bonchev–Trinajstić information content (AvgIpc) is 3.91. The fourth-order valence-corrected chi connectivity index (χ4v) is 9.55. The third-order valence-corrected chi connectivity index (χ3v) is 12.6. The Morgan fingerprint density at radius 3 is 2.55 bits per heavy atom. The smallest absolute Gasteiger partial charge is 0.320 e. The number of nitrogens with zero attached hydrogens (tertiary/aromatic N) is 7. The van der Waals surface area contributed by atoms with Crippen molar-refractivity contribution in [1.82, 2.24) is 35.1 Å². The van der Waals surface area contributed by atoms with E-state index in [1.807, 2.05) is 30.1 Å². The minimum absolute atomic E-state index is 0.0686. The van der Waals surface area contributed by atoms with Gasteiger partial charge < -0.3 is 35.2 Å². The fourth-order valence-electron chi connectivity index (χ4n) is 9.55. The zero-order valence-electron chi connectivity index (χ0n) is 31.7. The Labute approximate surface area is 324 Å². The molecule has 4 saturated heterocycles. The molecule has 2 aromatic carbocycles. The van der Waals surface area contributed by atoms with Crippen LogP contribution in [0.2, 0.25) is 0 Å². The number of primary amides is 1. The summed E-state index contributed by atoms with van der Waals surface area (Å²) < 4.78 is 5.86. The third kappa shape index (κ3) is 6.92. The maximum Gasteiger partial charge on any atom is 0.320 e. The number of nitrogens with one attached hydrogen (secondary N) is 2. The van der Waals surface area contributed by atoms with Crippen LogP contribution in [0.15, 0.2) is 47.1 Å². The lowest BCUT2D eigenvalue weighted by molar-refractivity contribution is -0.134. The number of likely N-dealkylation sites (tertiary alicyclic amines) is 1. The van der Waals surface area contributed by atoms with E-state index in [1.54, 1.807) is 11.1 Å². The second kappa shape index (κ2) is 14.8. The van der Waals surface area contributed by atoms with Crippen molar-refractivity contribution >= 4 is 52.0 Å². The van der Waals surface area contributed by atoms with Crippen LogP contribution in [-0.4, -0.2) is 112 Å². The lowest BCUT2D eigenvalue weighted by Crippen LogP contribution is -2.49. The molecule has 4 N–H and O–H groups in total. The topological polar surface area (TPSA) is 183 Å². The normalized spacial score (nSPS) is 23.6. The van der Waals surface area contributed by atoms with Crippen LogP contribution in [0.5, 0.6) is 0 Å². The SMILES string of the molecule is CN1CCN([C@@H]2CCCN(c3cnc(C(N)=O)c(Nc4ccc(C5CCN(CC6Cc7ccc8c(C9CCC(=O)NC9=O)noc8c7C6)CC5)cc4)n3)C2)C1=O. The number of anilines is 3. The fraction of sp³-hybridized carbons (Fsp3) is 0.488. The van der Waals surface area contributed by atoms with Crippen LogP contribution in [0.4, 0.5) is 22.1 Å². The van der Waals surface area contributed by atoms with Crippen molar-refractivity contribution in [3.63, 3.8) is 0 Å². The number of benzene rings is 2. The molecular formula is C41H48N10O5. The molecule has 4 fully saturated rings. The summed E-state index contributed by atoms with van der Waals surface area (Å²) in [5.74, 6) is 0.274. The number of nitrogens with two attached hydrogens (primary N) is 1. The van der Waals surface area contributed by atoms with E-state index >= 15 is 0 Å². The number of imide groups is 1. The molecular weight excluding hydrogens is 713 g/mol. The molecule has 0 saturated carbocycles. The summed E-state index contributed by atoms with van der Waals surface area (Å²) in [4.78, 5) is 66.9. The maximum absolute atomic E-state index is 12.7. The van der Waals surface area contributed by atoms with Gasteiger partial charge in [0.25, 0.3) is 5.91 Å². The van der Waals surface area contributed by atoms with Crippen molar-refractivity contribution in [2.75, 3.05) is 63.1 Å². The van der Waals surface area contributed by atoms with Gasteiger partial charge in [0.1, 0.15) is 11.5 Å². The Morgan fingerprint density at radius 2 is 1.80 bits per heavy atom. The van der Waals surface area contributed by atoms with Crippen LogP contribution in [-0.2, 0) is 22.4 Å². The Balaban J connectivity index is 0.799. The number of hydrogen-bond donors (Lipinski definition) is 3. The lowest BCUT2D eigenvalue weighted by atomic mass is 9.89. The molecule has 0 bridgehead atoms. The molecule has 15 nitrogen and oxygen atoms in total. The van der Waals surface area contributed by atoms with Crippen molar-refractivity contribution in [3.05, 3.63) is 70.7 Å². The predicted octanol–water partition coefficient (Wildman–Crippen LogP) is 3.91. The molecule has 2 aromatic heterocycles. The first-order valence-corrected chi connectivity index (χ1v) is 19.9. The van der Waals surface area contributed by atoms with Crippen molar-refractivity contribution in [2.24, 2.45) is 11.7 Å². The summed E-state index contributed by atoms with van der Waals surface area (Å²) in [6.07, 6.45) is 8.30. The Hall–Kier alpha value is -5.57. The highest BCUT2D eigenvalue weighted by Crippen LogP contribution is 2.39. The second-order valence-corrected chi connectivity index (χ2v) is 16.2. The predicted molar refractivity (Wildman–Crippen MR) is 209 cm³/mol. The largest absolute Gasteiger partial charge is 0.364 e. The summed E-state index contributed by atoms with van der Waals surface area (Å²) in [6.45, 7) is 5.99. The van der Waals surface area contributed by atoms with E-state index in [4.69, 9.17) is 15.2 Å². The number of carbonyl (C=O) groups excluding carboxylic acids is 4. The highest BCUT2D eigenvalue weighted by atomic mass is 16.5. The number of likely N-dealkylation sites (N-methyl/N-ethyl adjacent to an activating group) is 1. The molecule has 6 heterocycles. The summed E-state index contributed by atoms with van der Waals surface area (Å²) in [6, 6.07) is 12.7. The summed E-state index contributed by atoms with van der Waals surface area (Å²) in [7, 11) is 1.84. The molecule has 9 rings (SSSR count). The summed E-state index contributed by atoms with van der Waals surface area (Å²) >= 11 is 0. The van der Waals surface area contributed by atoms with E-state index in [0.717, 1.165) is 94.5 Å².